The van der Waals surface area contributed by atoms with Crippen molar-refractivity contribution in [2.24, 2.45) is 0 Å². The molecule has 13 aromatic rings. The number of fused-ring (bicyclic) bond motifs is 11. The molecule has 2 heterocycles. The monoisotopic (exact) mass is 826 g/mol. The summed E-state index contributed by atoms with van der Waals surface area (Å²) in [7, 11) is 0. The molecule has 3 heteroatoms. The van der Waals surface area contributed by atoms with Crippen LogP contribution in [-0.4, -0.2) is 9.97 Å². The zero-order valence-electron chi connectivity index (χ0n) is 35.2. The van der Waals surface area contributed by atoms with Crippen LogP contribution < -0.4 is 0 Å². The number of furan rings is 1. The summed E-state index contributed by atoms with van der Waals surface area (Å²) in [5.41, 5.74) is 13.5. The maximum Gasteiger partial charge on any atom is 0.160 e. The van der Waals surface area contributed by atoms with Gasteiger partial charge in [0.1, 0.15) is 11.2 Å². The lowest BCUT2D eigenvalue weighted by Crippen LogP contribution is -1.96. The van der Waals surface area contributed by atoms with Crippen molar-refractivity contribution in [3.63, 3.8) is 0 Å². The standard InChI is InChI=1S/C62H38N2O/c1-3-15-39(16-4-1)43-19-13-20-45(35-43)58-38-57(63-62(64-58)42-17-5-2-6-18-42)41-31-29-40(30-32-41)54-37-56-60-46(27-14-28-59(60)65-61(56)53-26-12-11-25-51(53)54)44-33-34-52-49-23-8-7-21-47(49)48-22-9-10-24-50(48)55(52)36-44/h1-38H. The first-order valence-electron chi connectivity index (χ1n) is 22.1. The average Bonchev–Trinajstić information content (AvgIpc) is 3.78. The summed E-state index contributed by atoms with van der Waals surface area (Å²) in [6.45, 7) is 0. The summed E-state index contributed by atoms with van der Waals surface area (Å²) in [4.78, 5) is 10.3. The Morgan fingerprint density at radius 2 is 0.785 bits per heavy atom. The second-order valence-corrected chi connectivity index (χ2v) is 16.8. The molecule has 0 N–H and O–H groups in total. The molecule has 0 amide bonds. The van der Waals surface area contributed by atoms with E-state index in [1.165, 1.54) is 37.9 Å². The quantitative estimate of drug-likeness (QED) is 0.157. The van der Waals surface area contributed by atoms with Crippen LogP contribution in [0.15, 0.2) is 235 Å². The van der Waals surface area contributed by atoms with E-state index < -0.39 is 0 Å². The van der Waals surface area contributed by atoms with Gasteiger partial charge >= 0.3 is 0 Å². The first-order chi connectivity index (χ1) is 32.2. The van der Waals surface area contributed by atoms with E-state index in [1.807, 2.05) is 24.3 Å². The Morgan fingerprint density at radius 1 is 0.262 bits per heavy atom. The van der Waals surface area contributed by atoms with Crippen molar-refractivity contribution in [3.05, 3.63) is 231 Å². The van der Waals surface area contributed by atoms with Crippen molar-refractivity contribution in [1.29, 1.82) is 0 Å². The molecule has 65 heavy (non-hydrogen) atoms. The van der Waals surface area contributed by atoms with Crippen LogP contribution in [0.2, 0.25) is 0 Å². The Hall–Kier alpha value is -8.66. The highest BCUT2D eigenvalue weighted by molar-refractivity contribution is 6.27. The Bertz CT molecular complexity index is 3950. The van der Waals surface area contributed by atoms with Crippen molar-refractivity contribution in [2.75, 3.05) is 0 Å². The van der Waals surface area contributed by atoms with Gasteiger partial charge in [0.2, 0.25) is 0 Å². The van der Waals surface area contributed by atoms with E-state index in [9.17, 15) is 0 Å². The molecule has 0 saturated heterocycles. The molecule has 0 aliphatic carbocycles. The van der Waals surface area contributed by atoms with Crippen LogP contribution >= 0.6 is 0 Å². The van der Waals surface area contributed by atoms with Gasteiger partial charge < -0.3 is 4.42 Å². The number of aromatic nitrogens is 2. The van der Waals surface area contributed by atoms with Gasteiger partial charge in [-0.05, 0) is 101 Å². The van der Waals surface area contributed by atoms with Gasteiger partial charge in [-0.1, -0.05) is 200 Å². The highest BCUT2D eigenvalue weighted by atomic mass is 16.3. The lowest BCUT2D eigenvalue weighted by atomic mass is 9.90. The molecule has 0 radical (unpaired) electrons. The minimum absolute atomic E-state index is 0.694. The zero-order valence-corrected chi connectivity index (χ0v) is 35.2. The highest BCUT2D eigenvalue weighted by Crippen LogP contribution is 2.45. The van der Waals surface area contributed by atoms with Gasteiger partial charge in [-0.25, -0.2) is 9.97 Å². The van der Waals surface area contributed by atoms with Gasteiger partial charge in [0.15, 0.2) is 5.82 Å². The second-order valence-electron chi connectivity index (χ2n) is 16.8. The van der Waals surface area contributed by atoms with E-state index in [1.54, 1.807) is 0 Å². The molecule has 0 atom stereocenters. The molecule has 0 saturated carbocycles. The van der Waals surface area contributed by atoms with E-state index in [0.717, 1.165) is 88.6 Å². The van der Waals surface area contributed by atoms with Gasteiger partial charge in [0.25, 0.3) is 0 Å². The summed E-state index contributed by atoms with van der Waals surface area (Å²) in [6.07, 6.45) is 0. The molecule has 13 rings (SSSR count). The number of hydrogen-bond acceptors (Lipinski definition) is 3. The first kappa shape index (κ1) is 36.9. The van der Waals surface area contributed by atoms with Crippen molar-refractivity contribution in [3.8, 4) is 67.3 Å². The minimum Gasteiger partial charge on any atom is -0.455 e. The smallest absolute Gasteiger partial charge is 0.160 e. The average molecular weight is 827 g/mol. The Kier molecular flexibility index (Phi) is 8.53. The summed E-state index contributed by atoms with van der Waals surface area (Å²) in [5.74, 6) is 0.694. The highest BCUT2D eigenvalue weighted by Gasteiger charge is 2.19. The van der Waals surface area contributed by atoms with Crippen LogP contribution in [0.4, 0.5) is 0 Å². The molecule has 11 aromatic carbocycles. The third kappa shape index (κ3) is 6.20. The molecular weight excluding hydrogens is 789 g/mol. The largest absolute Gasteiger partial charge is 0.455 e. The van der Waals surface area contributed by atoms with Crippen LogP contribution in [0.3, 0.4) is 0 Å². The molecule has 302 valence electrons. The summed E-state index contributed by atoms with van der Waals surface area (Å²) < 4.78 is 6.82. The third-order valence-electron chi connectivity index (χ3n) is 13.1. The third-order valence-corrected chi connectivity index (χ3v) is 13.1. The topological polar surface area (TPSA) is 38.9 Å². The van der Waals surface area contributed by atoms with Crippen molar-refractivity contribution in [2.45, 2.75) is 0 Å². The summed E-state index contributed by atoms with van der Waals surface area (Å²) >= 11 is 0. The van der Waals surface area contributed by atoms with E-state index in [2.05, 4.69) is 206 Å². The molecule has 0 aliphatic heterocycles. The molecule has 3 nitrogen and oxygen atoms in total. The van der Waals surface area contributed by atoms with Crippen molar-refractivity contribution >= 4 is 65.0 Å². The van der Waals surface area contributed by atoms with E-state index in [4.69, 9.17) is 14.4 Å². The lowest BCUT2D eigenvalue weighted by molar-refractivity contribution is 0.673. The van der Waals surface area contributed by atoms with Crippen LogP contribution in [0.25, 0.3) is 132 Å². The molecule has 0 bridgehead atoms. The molecule has 2 aromatic heterocycles. The maximum atomic E-state index is 6.82. The van der Waals surface area contributed by atoms with Crippen molar-refractivity contribution in [1.82, 2.24) is 9.97 Å². The molecule has 0 aliphatic rings. The summed E-state index contributed by atoms with van der Waals surface area (Å²) in [5, 5.41) is 12.0. The predicted molar refractivity (Wildman–Crippen MR) is 272 cm³/mol. The first-order valence-corrected chi connectivity index (χ1v) is 22.1. The van der Waals surface area contributed by atoms with Crippen LogP contribution in [0, 0.1) is 0 Å². The lowest BCUT2D eigenvalue weighted by Gasteiger charge is -2.13. The predicted octanol–water partition coefficient (Wildman–Crippen LogP) is 17.0. The van der Waals surface area contributed by atoms with Gasteiger partial charge in [0, 0.05) is 32.8 Å². The van der Waals surface area contributed by atoms with Crippen LogP contribution in [-0.2, 0) is 0 Å². The van der Waals surface area contributed by atoms with Gasteiger partial charge in [-0.3, -0.25) is 0 Å². The maximum absolute atomic E-state index is 6.82. The zero-order chi connectivity index (χ0) is 42.8. The fourth-order valence-electron chi connectivity index (χ4n) is 9.97. The molecule has 0 fully saturated rings. The molecule has 0 unspecified atom stereocenters. The van der Waals surface area contributed by atoms with E-state index in [-0.39, 0.29) is 0 Å². The fourth-order valence-corrected chi connectivity index (χ4v) is 9.97. The minimum atomic E-state index is 0.694. The fraction of sp³-hybridized carbons (Fsp3) is 0. The van der Waals surface area contributed by atoms with Gasteiger partial charge in [-0.2, -0.15) is 0 Å². The van der Waals surface area contributed by atoms with E-state index >= 15 is 0 Å². The molecule has 0 spiro atoms. The van der Waals surface area contributed by atoms with E-state index in [0.29, 0.717) is 5.82 Å². The van der Waals surface area contributed by atoms with Crippen LogP contribution in [0.5, 0.6) is 0 Å². The Morgan fingerprint density at radius 3 is 1.49 bits per heavy atom. The number of benzene rings is 11. The summed E-state index contributed by atoms with van der Waals surface area (Å²) in [6, 6.07) is 82.2. The van der Waals surface area contributed by atoms with Gasteiger partial charge in [0.05, 0.1) is 11.4 Å². The van der Waals surface area contributed by atoms with Crippen molar-refractivity contribution < 1.29 is 4.42 Å². The number of rotatable bonds is 6. The Balaban J connectivity index is 0.951. The normalized spacial score (nSPS) is 11.7. The number of hydrogen-bond donors (Lipinski definition) is 0. The van der Waals surface area contributed by atoms with Gasteiger partial charge in [-0.15, -0.1) is 0 Å². The Labute approximate surface area is 375 Å². The van der Waals surface area contributed by atoms with Crippen LogP contribution in [0.1, 0.15) is 0 Å². The molecular formula is C62H38N2O. The second kappa shape index (κ2) is 15.0. The SMILES string of the molecule is c1ccc(-c2cccc(-c3cc(-c4ccc(-c5cc6c(oc7cccc(-c8ccc9c%10ccccc%10c%10ccccc%10c9c8)c76)c6ccccc56)cc4)nc(-c4ccccc4)n3)c2)cc1. The number of nitrogens with zero attached hydrogens (tertiary/aromatic N) is 2.